The van der Waals surface area contributed by atoms with E-state index in [0.29, 0.717) is 0 Å². The standard InChI is InChI=1S/C8H9ClF3N/c1-5(13-3)4-7(9)6(2)8(10,11)12/h4,13H,1-2H2,3H3/b7-4+. The van der Waals surface area contributed by atoms with Crippen LogP contribution in [0.25, 0.3) is 0 Å². The second kappa shape index (κ2) is 4.37. The third kappa shape index (κ3) is 4.03. The van der Waals surface area contributed by atoms with Gasteiger partial charge in [-0.25, -0.2) is 0 Å². The van der Waals surface area contributed by atoms with Crippen molar-refractivity contribution in [3.8, 4) is 0 Å². The first-order chi connectivity index (χ1) is 5.79. The number of allylic oxidation sites excluding steroid dienone is 3. The fourth-order valence-electron chi connectivity index (χ4n) is 0.448. The zero-order chi connectivity index (χ0) is 10.6. The summed E-state index contributed by atoms with van der Waals surface area (Å²) < 4.78 is 35.9. The molecule has 0 aliphatic rings. The number of likely N-dealkylation sites (N-methyl/N-ethyl adjacent to an activating group) is 1. The molecule has 13 heavy (non-hydrogen) atoms. The van der Waals surface area contributed by atoms with Crippen LogP contribution in [-0.4, -0.2) is 13.2 Å². The van der Waals surface area contributed by atoms with Crippen LogP contribution in [0.15, 0.2) is 35.5 Å². The van der Waals surface area contributed by atoms with Gasteiger partial charge < -0.3 is 5.32 Å². The van der Waals surface area contributed by atoms with Gasteiger partial charge in [0.05, 0.1) is 10.6 Å². The van der Waals surface area contributed by atoms with Gasteiger partial charge in [-0.1, -0.05) is 24.8 Å². The maximum Gasteiger partial charge on any atom is 0.417 e. The molecule has 0 aromatic heterocycles. The van der Waals surface area contributed by atoms with E-state index in [2.05, 4.69) is 18.5 Å². The van der Waals surface area contributed by atoms with Crippen molar-refractivity contribution in [2.45, 2.75) is 6.18 Å². The molecule has 0 unspecified atom stereocenters. The Balaban J connectivity index is 4.62. The highest BCUT2D eigenvalue weighted by Crippen LogP contribution is 2.31. The maximum absolute atomic E-state index is 12.0. The van der Waals surface area contributed by atoms with Crippen LogP contribution >= 0.6 is 11.6 Å². The first-order valence-corrected chi connectivity index (χ1v) is 3.67. The minimum Gasteiger partial charge on any atom is -0.389 e. The lowest BCUT2D eigenvalue weighted by atomic mass is 10.2. The van der Waals surface area contributed by atoms with Gasteiger partial charge in [-0.05, 0) is 6.08 Å². The van der Waals surface area contributed by atoms with Gasteiger partial charge in [-0.2, -0.15) is 13.2 Å². The van der Waals surface area contributed by atoms with Crippen LogP contribution in [0.2, 0.25) is 0 Å². The monoisotopic (exact) mass is 211 g/mol. The Morgan fingerprint density at radius 3 is 2.15 bits per heavy atom. The van der Waals surface area contributed by atoms with E-state index >= 15 is 0 Å². The van der Waals surface area contributed by atoms with Crippen molar-refractivity contribution in [2.75, 3.05) is 7.05 Å². The lowest BCUT2D eigenvalue weighted by Gasteiger charge is -2.08. The van der Waals surface area contributed by atoms with E-state index in [0.717, 1.165) is 6.08 Å². The second-order valence-corrected chi connectivity index (χ2v) is 2.65. The van der Waals surface area contributed by atoms with Crippen LogP contribution in [0.4, 0.5) is 13.2 Å². The number of halogens is 4. The highest BCUT2D eigenvalue weighted by atomic mass is 35.5. The van der Waals surface area contributed by atoms with Crippen LogP contribution in [0.5, 0.6) is 0 Å². The normalized spacial score (nSPS) is 12.5. The Morgan fingerprint density at radius 1 is 1.38 bits per heavy atom. The Hall–Kier alpha value is -0.900. The van der Waals surface area contributed by atoms with Gasteiger partial charge >= 0.3 is 6.18 Å². The smallest absolute Gasteiger partial charge is 0.389 e. The summed E-state index contributed by atoms with van der Waals surface area (Å²) in [5.74, 6) is 0. The number of rotatable bonds is 3. The third-order valence-corrected chi connectivity index (χ3v) is 1.59. The van der Waals surface area contributed by atoms with Gasteiger partial charge in [0.25, 0.3) is 0 Å². The van der Waals surface area contributed by atoms with E-state index < -0.39 is 16.8 Å². The lowest BCUT2D eigenvalue weighted by molar-refractivity contribution is -0.0882. The van der Waals surface area contributed by atoms with Crippen molar-refractivity contribution in [1.29, 1.82) is 0 Å². The summed E-state index contributed by atoms with van der Waals surface area (Å²) in [4.78, 5) is 0. The molecule has 0 spiro atoms. The Kier molecular flexibility index (Phi) is 4.07. The van der Waals surface area contributed by atoms with Gasteiger partial charge in [0.2, 0.25) is 0 Å². The predicted octanol–water partition coefficient (Wildman–Crippen LogP) is 2.96. The van der Waals surface area contributed by atoms with E-state index in [1.54, 1.807) is 0 Å². The largest absolute Gasteiger partial charge is 0.417 e. The summed E-state index contributed by atoms with van der Waals surface area (Å²) >= 11 is 5.33. The molecule has 0 bridgehead atoms. The van der Waals surface area contributed by atoms with Gasteiger partial charge in [0.1, 0.15) is 0 Å². The van der Waals surface area contributed by atoms with Gasteiger partial charge in [0, 0.05) is 12.7 Å². The SMILES string of the molecule is C=C(/C=C(/Cl)C(=C)C(F)(F)F)NC. The fraction of sp³-hybridized carbons (Fsp3) is 0.250. The second-order valence-electron chi connectivity index (χ2n) is 2.24. The van der Waals surface area contributed by atoms with E-state index in [1.807, 2.05) is 0 Å². The fourth-order valence-corrected chi connectivity index (χ4v) is 0.687. The Labute approximate surface area is 79.6 Å². The molecule has 0 rings (SSSR count). The average Bonchev–Trinajstić information content (AvgIpc) is 2.01. The molecular weight excluding hydrogens is 203 g/mol. The summed E-state index contributed by atoms with van der Waals surface area (Å²) in [6.07, 6.45) is -3.43. The van der Waals surface area contributed by atoms with Crippen LogP contribution < -0.4 is 5.32 Å². The van der Waals surface area contributed by atoms with Crippen molar-refractivity contribution in [2.24, 2.45) is 0 Å². The van der Waals surface area contributed by atoms with E-state index in [1.165, 1.54) is 7.05 Å². The number of hydrogen-bond donors (Lipinski definition) is 1. The zero-order valence-electron chi connectivity index (χ0n) is 7.00. The summed E-state index contributed by atoms with van der Waals surface area (Å²) in [6.45, 7) is 6.22. The minimum atomic E-state index is -4.50. The van der Waals surface area contributed by atoms with Crippen LogP contribution in [0.3, 0.4) is 0 Å². The molecule has 0 heterocycles. The molecule has 0 aromatic rings. The van der Waals surface area contributed by atoms with Crippen LogP contribution in [-0.2, 0) is 0 Å². The predicted molar refractivity (Wildman–Crippen MR) is 47.3 cm³/mol. The van der Waals surface area contributed by atoms with Crippen molar-refractivity contribution >= 4 is 11.6 Å². The quantitative estimate of drug-likeness (QED) is 0.708. The summed E-state index contributed by atoms with van der Waals surface area (Å²) in [5, 5.41) is 2.07. The Morgan fingerprint density at radius 2 is 1.85 bits per heavy atom. The summed E-state index contributed by atoms with van der Waals surface area (Å²) in [5.41, 5.74) is -0.791. The molecular formula is C8H9ClF3N. The maximum atomic E-state index is 12.0. The van der Waals surface area contributed by atoms with Crippen molar-refractivity contribution < 1.29 is 13.2 Å². The molecule has 0 saturated carbocycles. The molecule has 1 nitrogen and oxygen atoms in total. The van der Waals surface area contributed by atoms with E-state index in [-0.39, 0.29) is 5.70 Å². The summed E-state index contributed by atoms with van der Waals surface area (Å²) in [7, 11) is 1.53. The molecule has 5 heteroatoms. The Bertz CT molecular complexity index is 253. The van der Waals surface area contributed by atoms with Gasteiger partial charge in [0.15, 0.2) is 0 Å². The molecule has 0 fully saturated rings. The first-order valence-electron chi connectivity index (χ1n) is 3.29. The molecule has 0 aliphatic heterocycles. The first kappa shape index (κ1) is 12.1. The number of hydrogen-bond acceptors (Lipinski definition) is 1. The third-order valence-electron chi connectivity index (χ3n) is 1.25. The molecule has 0 amide bonds. The number of alkyl halides is 3. The molecule has 1 N–H and O–H groups in total. The topological polar surface area (TPSA) is 12.0 Å². The molecule has 0 atom stereocenters. The number of nitrogens with one attached hydrogen (secondary N) is 1. The van der Waals surface area contributed by atoms with Crippen LogP contribution in [0, 0.1) is 0 Å². The van der Waals surface area contributed by atoms with E-state index in [9.17, 15) is 13.2 Å². The molecule has 0 radical (unpaired) electrons. The van der Waals surface area contributed by atoms with Gasteiger partial charge in [-0.3, -0.25) is 0 Å². The van der Waals surface area contributed by atoms with Crippen LogP contribution in [0.1, 0.15) is 0 Å². The summed E-state index contributed by atoms with van der Waals surface area (Å²) in [6, 6.07) is 0. The molecule has 0 aromatic carbocycles. The van der Waals surface area contributed by atoms with Gasteiger partial charge in [-0.15, -0.1) is 0 Å². The van der Waals surface area contributed by atoms with E-state index in [4.69, 9.17) is 11.6 Å². The minimum absolute atomic E-state index is 0.287. The average molecular weight is 212 g/mol. The highest BCUT2D eigenvalue weighted by Gasteiger charge is 2.33. The van der Waals surface area contributed by atoms with Crippen molar-refractivity contribution in [3.63, 3.8) is 0 Å². The molecule has 0 aliphatic carbocycles. The highest BCUT2D eigenvalue weighted by molar-refractivity contribution is 6.32. The molecule has 74 valence electrons. The lowest BCUT2D eigenvalue weighted by Crippen LogP contribution is -2.11. The molecule has 0 saturated heterocycles. The van der Waals surface area contributed by atoms with Crippen molar-refractivity contribution in [1.82, 2.24) is 5.32 Å². The zero-order valence-corrected chi connectivity index (χ0v) is 7.76. The van der Waals surface area contributed by atoms with Crippen molar-refractivity contribution in [3.05, 3.63) is 35.5 Å².